The Hall–Kier alpha value is -2.38. The lowest BCUT2D eigenvalue weighted by atomic mass is 10.0. The molecule has 2 rings (SSSR count). The third-order valence-electron chi connectivity index (χ3n) is 3.62. The predicted octanol–water partition coefficient (Wildman–Crippen LogP) is 2.34. The molecule has 0 heterocycles. The minimum Gasteiger partial charge on any atom is -0.490 e. The van der Waals surface area contributed by atoms with E-state index in [9.17, 15) is 14.5 Å². The SMILES string of the molecule is Cc1cc(OCC2(C/C(N)=N/O)CC2)c(F)cc1[N+](=O)[O-]. The maximum atomic E-state index is 13.8. The van der Waals surface area contributed by atoms with Gasteiger partial charge in [0.25, 0.3) is 5.69 Å². The molecule has 0 aliphatic heterocycles. The van der Waals surface area contributed by atoms with Crippen molar-refractivity contribution >= 4 is 11.5 Å². The van der Waals surface area contributed by atoms with Crippen molar-refractivity contribution in [3.63, 3.8) is 0 Å². The predicted molar refractivity (Wildman–Crippen MR) is 73.0 cm³/mol. The standard InChI is InChI=1S/C13H16FN3O4/c1-8-4-11(9(14)5-10(8)17(19)20)21-7-13(2-3-13)6-12(15)16-18/h4-5,18H,2-3,6-7H2,1H3,(H2,15,16). The zero-order chi connectivity index (χ0) is 15.6. The lowest BCUT2D eigenvalue weighted by molar-refractivity contribution is -0.385. The number of nitro benzene ring substituents is 1. The number of nitro groups is 1. The first-order valence-corrected chi connectivity index (χ1v) is 6.41. The van der Waals surface area contributed by atoms with Crippen LogP contribution in [0.25, 0.3) is 0 Å². The fourth-order valence-electron chi connectivity index (χ4n) is 2.15. The average molecular weight is 297 g/mol. The first-order valence-electron chi connectivity index (χ1n) is 6.41. The number of benzene rings is 1. The van der Waals surface area contributed by atoms with Gasteiger partial charge in [-0.15, -0.1) is 0 Å². The molecule has 1 fully saturated rings. The Kier molecular flexibility index (Phi) is 3.97. The highest BCUT2D eigenvalue weighted by molar-refractivity contribution is 5.80. The minimum absolute atomic E-state index is 0.0242. The van der Waals surface area contributed by atoms with Gasteiger partial charge in [0.05, 0.1) is 17.6 Å². The molecule has 0 bridgehead atoms. The summed E-state index contributed by atoms with van der Waals surface area (Å²) in [6.45, 7) is 1.74. The number of aryl methyl sites for hydroxylation is 1. The van der Waals surface area contributed by atoms with E-state index in [1.165, 1.54) is 13.0 Å². The Morgan fingerprint density at radius 3 is 2.81 bits per heavy atom. The van der Waals surface area contributed by atoms with Crippen LogP contribution in [0, 0.1) is 28.3 Å². The normalized spacial score (nSPS) is 16.6. The highest BCUT2D eigenvalue weighted by Gasteiger charge is 2.44. The highest BCUT2D eigenvalue weighted by Crippen LogP contribution is 2.49. The van der Waals surface area contributed by atoms with Gasteiger partial charge in [-0.1, -0.05) is 5.16 Å². The Labute approximate surface area is 120 Å². The first-order chi connectivity index (χ1) is 9.87. The van der Waals surface area contributed by atoms with Gasteiger partial charge in [0.15, 0.2) is 11.6 Å². The summed E-state index contributed by atoms with van der Waals surface area (Å²) in [6, 6.07) is 2.17. The third-order valence-corrected chi connectivity index (χ3v) is 3.62. The Bertz CT molecular complexity index is 599. The molecule has 114 valence electrons. The molecule has 0 radical (unpaired) electrons. The van der Waals surface area contributed by atoms with E-state index in [1.807, 2.05) is 0 Å². The van der Waals surface area contributed by atoms with Gasteiger partial charge in [-0.25, -0.2) is 4.39 Å². The second-order valence-electron chi connectivity index (χ2n) is 5.38. The van der Waals surface area contributed by atoms with Crippen LogP contribution in [0.1, 0.15) is 24.8 Å². The molecular formula is C13H16FN3O4. The monoisotopic (exact) mass is 297 g/mol. The van der Waals surface area contributed by atoms with Crippen LogP contribution in [0.5, 0.6) is 5.75 Å². The summed E-state index contributed by atoms with van der Waals surface area (Å²) in [5.74, 6) is -0.688. The van der Waals surface area contributed by atoms with Crippen LogP contribution in [0.3, 0.4) is 0 Å². The molecule has 21 heavy (non-hydrogen) atoms. The molecule has 1 aromatic rings. The van der Waals surface area contributed by atoms with Crippen LogP contribution in [0.4, 0.5) is 10.1 Å². The summed E-state index contributed by atoms with van der Waals surface area (Å²) in [7, 11) is 0. The van der Waals surface area contributed by atoms with E-state index in [0.29, 0.717) is 12.0 Å². The smallest absolute Gasteiger partial charge is 0.275 e. The van der Waals surface area contributed by atoms with Crippen LogP contribution in [-0.2, 0) is 0 Å². The van der Waals surface area contributed by atoms with Crippen LogP contribution >= 0.6 is 0 Å². The van der Waals surface area contributed by atoms with Crippen molar-refractivity contribution in [3.8, 4) is 5.75 Å². The third kappa shape index (κ3) is 3.39. The fraction of sp³-hybridized carbons (Fsp3) is 0.462. The largest absolute Gasteiger partial charge is 0.490 e. The van der Waals surface area contributed by atoms with Crippen molar-refractivity contribution in [2.75, 3.05) is 6.61 Å². The number of nitrogens with two attached hydrogens (primary N) is 1. The van der Waals surface area contributed by atoms with E-state index in [-0.39, 0.29) is 29.3 Å². The zero-order valence-corrected chi connectivity index (χ0v) is 11.5. The maximum Gasteiger partial charge on any atom is 0.275 e. The molecule has 1 aliphatic rings. The van der Waals surface area contributed by atoms with E-state index in [0.717, 1.165) is 18.9 Å². The molecule has 0 unspecified atom stereocenters. The Balaban J connectivity index is 2.07. The van der Waals surface area contributed by atoms with Gasteiger partial charge in [-0.05, 0) is 25.8 Å². The molecule has 0 amide bonds. The van der Waals surface area contributed by atoms with Gasteiger partial charge in [-0.2, -0.15) is 0 Å². The second-order valence-corrected chi connectivity index (χ2v) is 5.38. The fourth-order valence-corrected chi connectivity index (χ4v) is 2.15. The molecule has 0 atom stereocenters. The van der Waals surface area contributed by atoms with Crippen molar-refractivity contribution in [2.24, 2.45) is 16.3 Å². The summed E-state index contributed by atoms with van der Waals surface area (Å²) in [5.41, 5.74) is 5.28. The van der Waals surface area contributed by atoms with Crippen LogP contribution < -0.4 is 10.5 Å². The summed E-state index contributed by atoms with van der Waals surface area (Å²) in [5, 5.41) is 22.2. The molecule has 1 aliphatic carbocycles. The van der Waals surface area contributed by atoms with E-state index in [4.69, 9.17) is 15.7 Å². The van der Waals surface area contributed by atoms with Crippen LogP contribution in [0.2, 0.25) is 0 Å². The van der Waals surface area contributed by atoms with Crippen LogP contribution in [-0.4, -0.2) is 22.6 Å². The zero-order valence-electron chi connectivity index (χ0n) is 11.5. The Morgan fingerprint density at radius 2 is 2.29 bits per heavy atom. The summed E-state index contributed by atoms with van der Waals surface area (Å²) >= 11 is 0. The molecule has 7 nitrogen and oxygen atoms in total. The van der Waals surface area contributed by atoms with E-state index < -0.39 is 10.7 Å². The first kappa shape index (κ1) is 15.0. The minimum atomic E-state index is -0.771. The number of rotatable bonds is 6. The van der Waals surface area contributed by atoms with Gasteiger partial charge in [0.1, 0.15) is 5.84 Å². The highest BCUT2D eigenvalue weighted by atomic mass is 19.1. The maximum absolute atomic E-state index is 13.8. The number of hydrogen-bond donors (Lipinski definition) is 2. The van der Waals surface area contributed by atoms with Crippen molar-refractivity contribution < 1.29 is 19.3 Å². The van der Waals surface area contributed by atoms with E-state index in [1.54, 1.807) is 0 Å². The second kappa shape index (κ2) is 5.55. The van der Waals surface area contributed by atoms with Crippen molar-refractivity contribution in [1.82, 2.24) is 0 Å². The summed E-state index contributed by atoms with van der Waals surface area (Å²) in [4.78, 5) is 10.1. The number of ether oxygens (including phenoxy) is 1. The van der Waals surface area contributed by atoms with Gasteiger partial charge in [-0.3, -0.25) is 10.1 Å². The molecule has 3 N–H and O–H groups in total. The molecule has 0 saturated heterocycles. The van der Waals surface area contributed by atoms with Crippen LogP contribution in [0.15, 0.2) is 17.3 Å². The lowest BCUT2D eigenvalue weighted by Crippen LogP contribution is -2.23. The molecule has 0 spiro atoms. The Morgan fingerprint density at radius 1 is 1.62 bits per heavy atom. The molecule has 8 heteroatoms. The summed E-state index contributed by atoms with van der Waals surface area (Å²) in [6.07, 6.45) is 2.06. The van der Waals surface area contributed by atoms with Crippen molar-refractivity contribution in [3.05, 3.63) is 33.6 Å². The van der Waals surface area contributed by atoms with Crippen molar-refractivity contribution in [2.45, 2.75) is 26.2 Å². The quantitative estimate of drug-likeness (QED) is 0.275. The van der Waals surface area contributed by atoms with Gasteiger partial charge in [0, 0.05) is 17.4 Å². The van der Waals surface area contributed by atoms with E-state index >= 15 is 0 Å². The number of nitrogens with zero attached hydrogens (tertiary/aromatic N) is 2. The number of hydrogen-bond acceptors (Lipinski definition) is 5. The molecule has 1 aromatic carbocycles. The van der Waals surface area contributed by atoms with Gasteiger partial charge < -0.3 is 15.7 Å². The lowest BCUT2D eigenvalue weighted by Gasteiger charge is -2.16. The molecular weight excluding hydrogens is 281 g/mol. The van der Waals surface area contributed by atoms with Gasteiger partial charge in [0.2, 0.25) is 0 Å². The summed E-state index contributed by atoms with van der Waals surface area (Å²) < 4.78 is 19.2. The molecule has 0 aromatic heterocycles. The average Bonchev–Trinajstić information content (AvgIpc) is 3.19. The van der Waals surface area contributed by atoms with Gasteiger partial charge >= 0.3 is 0 Å². The van der Waals surface area contributed by atoms with Crippen molar-refractivity contribution in [1.29, 1.82) is 0 Å². The number of oxime groups is 1. The van der Waals surface area contributed by atoms with E-state index in [2.05, 4.69) is 5.16 Å². The number of halogens is 1. The molecule has 1 saturated carbocycles. The number of amidine groups is 1. The topological polar surface area (TPSA) is 111 Å².